The Hall–Kier alpha value is -1.90. The second-order valence-electron chi connectivity index (χ2n) is 7.29. The van der Waals surface area contributed by atoms with E-state index in [1.165, 1.54) is 23.2 Å². The van der Waals surface area contributed by atoms with Crippen molar-refractivity contribution in [3.8, 4) is 0 Å². The Balaban J connectivity index is 1.85. The molecule has 3 heteroatoms. The predicted octanol–water partition coefficient (Wildman–Crippen LogP) is 3.61. The maximum absolute atomic E-state index is 12.1. The number of ketones is 1. The molecule has 0 N–H and O–H groups in total. The minimum absolute atomic E-state index is 0.0757. The van der Waals surface area contributed by atoms with Crippen LogP contribution in [0.15, 0.2) is 36.5 Å². The first-order valence-corrected chi connectivity index (χ1v) is 8.76. The zero-order valence-corrected chi connectivity index (χ0v) is 13.8. The molecule has 23 heavy (non-hydrogen) atoms. The van der Waals surface area contributed by atoms with Crippen molar-refractivity contribution in [1.29, 1.82) is 0 Å². The van der Waals surface area contributed by atoms with Crippen molar-refractivity contribution in [2.45, 2.75) is 50.4 Å². The molecule has 0 saturated heterocycles. The quantitative estimate of drug-likeness (QED) is 0.849. The molecule has 0 aliphatic heterocycles. The summed E-state index contributed by atoms with van der Waals surface area (Å²) in [5.74, 6) is 0.907. The molecule has 2 atom stereocenters. The average Bonchev–Trinajstić information content (AvgIpc) is 2.84. The second kappa shape index (κ2) is 5.63. The summed E-state index contributed by atoms with van der Waals surface area (Å²) in [6, 6.07) is 10.8. The van der Waals surface area contributed by atoms with Crippen molar-refractivity contribution in [2.24, 2.45) is 13.0 Å². The monoisotopic (exact) mass is 308 g/mol. The Morgan fingerprint density at radius 3 is 2.91 bits per heavy atom. The first-order chi connectivity index (χ1) is 11.2. The second-order valence-corrected chi connectivity index (χ2v) is 7.29. The number of rotatable bonds is 2. The molecule has 1 saturated carbocycles. The highest BCUT2D eigenvalue weighted by atomic mass is 16.1. The predicted molar refractivity (Wildman–Crippen MR) is 90.3 cm³/mol. The SMILES string of the molecule is Cn1ncc2c1C1(Cc3ccccc3)CCC(=O)CC1CCC2. The van der Waals surface area contributed by atoms with Crippen molar-refractivity contribution in [2.75, 3.05) is 0 Å². The van der Waals surface area contributed by atoms with Crippen LogP contribution in [0.2, 0.25) is 0 Å². The van der Waals surface area contributed by atoms with E-state index >= 15 is 0 Å². The van der Waals surface area contributed by atoms with Gasteiger partial charge in [-0.2, -0.15) is 5.10 Å². The van der Waals surface area contributed by atoms with Crippen LogP contribution in [0.3, 0.4) is 0 Å². The van der Waals surface area contributed by atoms with E-state index in [0.29, 0.717) is 18.1 Å². The Morgan fingerprint density at radius 1 is 1.26 bits per heavy atom. The van der Waals surface area contributed by atoms with Gasteiger partial charge >= 0.3 is 0 Å². The molecule has 2 aliphatic rings. The van der Waals surface area contributed by atoms with Crippen LogP contribution in [-0.4, -0.2) is 15.6 Å². The molecule has 2 unspecified atom stereocenters. The van der Waals surface area contributed by atoms with Crippen molar-refractivity contribution in [3.63, 3.8) is 0 Å². The molecular weight excluding hydrogens is 284 g/mol. The van der Waals surface area contributed by atoms with Crippen LogP contribution in [0.1, 0.15) is 48.9 Å². The third-order valence-electron chi connectivity index (χ3n) is 5.95. The molecule has 1 aromatic heterocycles. The largest absolute Gasteiger partial charge is 0.300 e. The number of hydrogen-bond donors (Lipinski definition) is 0. The molecule has 0 bridgehead atoms. The van der Waals surface area contributed by atoms with Gasteiger partial charge in [-0.3, -0.25) is 9.48 Å². The molecule has 3 nitrogen and oxygen atoms in total. The smallest absolute Gasteiger partial charge is 0.133 e. The normalized spacial score (nSPS) is 27.2. The van der Waals surface area contributed by atoms with Crippen LogP contribution in [0.4, 0.5) is 0 Å². The molecule has 120 valence electrons. The van der Waals surface area contributed by atoms with Gasteiger partial charge in [0, 0.05) is 31.0 Å². The molecular formula is C20H24N2O. The van der Waals surface area contributed by atoms with E-state index in [9.17, 15) is 4.79 Å². The van der Waals surface area contributed by atoms with Crippen molar-refractivity contribution < 1.29 is 4.79 Å². The lowest BCUT2D eigenvalue weighted by Gasteiger charge is -2.44. The van der Waals surface area contributed by atoms with Crippen molar-refractivity contribution in [3.05, 3.63) is 53.3 Å². The molecule has 4 rings (SSSR count). The fourth-order valence-corrected chi connectivity index (χ4v) is 4.95. The molecule has 1 fully saturated rings. The maximum Gasteiger partial charge on any atom is 0.133 e. The summed E-state index contributed by atoms with van der Waals surface area (Å²) in [6.45, 7) is 0. The third-order valence-corrected chi connectivity index (χ3v) is 5.95. The highest BCUT2D eigenvalue weighted by Crippen LogP contribution is 2.50. The number of aryl methyl sites for hydroxylation is 2. The highest BCUT2D eigenvalue weighted by molar-refractivity contribution is 5.80. The van der Waals surface area contributed by atoms with E-state index in [2.05, 4.69) is 53.4 Å². The van der Waals surface area contributed by atoms with Gasteiger partial charge < -0.3 is 0 Å². The Bertz CT molecular complexity index is 718. The lowest BCUT2D eigenvalue weighted by molar-refractivity contribution is -0.123. The van der Waals surface area contributed by atoms with Crippen LogP contribution >= 0.6 is 0 Å². The zero-order valence-electron chi connectivity index (χ0n) is 13.8. The van der Waals surface area contributed by atoms with Crippen LogP contribution in [-0.2, 0) is 30.1 Å². The van der Waals surface area contributed by atoms with E-state index in [4.69, 9.17) is 0 Å². The van der Waals surface area contributed by atoms with Gasteiger partial charge in [0.25, 0.3) is 0 Å². The number of Topliss-reactive ketones (excluding diaryl/α,β-unsaturated/α-hetero) is 1. The van der Waals surface area contributed by atoms with E-state index in [1.54, 1.807) is 0 Å². The van der Waals surface area contributed by atoms with Crippen LogP contribution in [0.25, 0.3) is 0 Å². The lowest BCUT2D eigenvalue weighted by atomic mass is 9.60. The Morgan fingerprint density at radius 2 is 2.09 bits per heavy atom. The van der Waals surface area contributed by atoms with Crippen LogP contribution in [0.5, 0.6) is 0 Å². The molecule has 0 radical (unpaired) electrons. The minimum Gasteiger partial charge on any atom is -0.300 e. The summed E-state index contributed by atoms with van der Waals surface area (Å²) in [7, 11) is 2.07. The van der Waals surface area contributed by atoms with Gasteiger partial charge in [0.1, 0.15) is 5.78 Å². The number of fused-ring (bicyclic) bond motifs is 3. The molecule has 0 spiro atoms. The molecule has 0 amide bonds. The van der Waals surface area contributed by atoms with Crippen molar-refractivity contribution in [1.82, 2.24) is 9.78 Å². The summed E-state index contributed by atoms with van der Waals surface area (Å²) >= 11 is 0. The molecule has 2 aliphatic carbocycles. The number of benzene rings is 1. The number of carbonyl (C=O) groups is 1. The Kier molecular flexibility index (Phi) is 3.59. The van der Waals surface area contributed by atoms with Gasteiger partial charge in [-0.15, -0.1) is 0 Å². The lowest BCUT2D eigenvalue weighted by Crippen LogP contribution is -2.44. The summed E-state index contributed by atoms with van der Waals surface area (Å²) < 4.78 is 2.09. The van der Waals surface area contributed by atoms with Gasteiger partial charge in [-0.05, 0) is 49.1 Å². The van der Waals surface area contributed by atoms with Gasteiger partial charge in [-0.1, -0.05) is 30.3 Å². The van der Waals surface area contributed by atoms with E-state index < -0.39 is 0 Å². The summed E-state index contributed by atoms with van der Waals surface area (Å²) in [5.41, 5.74) is 4.25. The van der Waals surface area contributed by atoms with E-state index in [1.807, 2.05) is 0 Å². The Labute approximate surface area is 137 Å². The van der Waals surface area contributed by atoms with Crippen molar-refractivity contribution >= 4 is 5.78 Å². The van der Waals surface area contributed by atoms with Gasteiger partial charge in [0.05, 0.1) is 6.20 Å². The fraction of sp³-hybridized carbons (Fsp3) is 0.500. The first kappa shape index (κ1) is 14.7. The van der Waals surface area contributed by atoms with Crippen LogP contribution < -0.4 is 0 Å². The standard InChI is InChI=1S/C20H24N2O/c1-22-19-16(14-21-22)8-5-9-17-12-18(23)10-11-20(17,19)13-15-6-3-2-4-7-15/h2-4,6-7,14,17H,5,8-13H2,1H3. The van der Waals surface area contributed by atoms with E-state index in [0.717, 1.165) is 32.1 Å². The van der Waals surface area contributed by atoms with Gasteiger partial charge in [-0.25, -0.2) is 0 Å². The number of hydrogen-bond acceptors (Lipinski definition) is 2. The van der Waals surface area contributed by atoms with E-state index in [-0.39, 0.29) is 5.41 Å². The number of carbonyl (C=O) groups excluding carboxylic acids is 1. The topological polar surface area (TPSA) is 34.9 Å². The summed E-state index contributed by atoms with van der Waals surface area (Å²) in [6.07, 6.45) is 8.95. The number of aromatic nitrogens is 2. The molecule has 1 aromatic carbocycles. The summed E-state index contributed by atoms with van der Waals surface area (Å²) in [4.78, 5) is 12.1. The molecule has 2 aromatic rings. The van der Waals surface area contributed by atoms with Gasteiger partial charge in [0.2, 0.25) is 0 Å². The maximum atomic E-state index is 12.1. The highest BCUT2D eigenvalue weighted by Gasteiger charge is 2.48. The summed E-state index contributed by atoms with van der Waals surface area (Å²) in [5, 5.41) is 4.57. The third kappa shape index (κ3) is 2.43. The number of nitrogens with zero attached hydrogens (tertiary/aromatic N) is 2. The average molecular weight is 308 g/mol. The fourth-order valence-electron chi connectivity index (χ4n) is 4.95. The van der Waals surface area contributed by atoms with Crippen LogP contribution in [0, 0.1) is 5.92 Å². The first-order valence-electron chi connectivity index (χ1n) is 8.76. The minimum atomic E-state index is 0.0757. The molecule has 1 heterocycles. The van der Waals surface area contributed by atoms with Gasteiger partial charge in [0.15, 0.2) is 0 Å². The zero-order chi connectivity index (χ0) is 15.9.